The summed E-state index contributed by atoms with van der Waals surface area (Å²) in [6, 6.07) is 10.7. The molecule has 0 amide bonds. The number of halogens is 2. The van der Waals surface area contributed by atoms with Gasteiger partial charge < -0.3 is 5.73 Å². The molecule has 0 aliphatic rings. The van der Waals surface area contributed by atoms with Gasteiger partial charge in [-0.25, -0.2) is 0 Å². The predicted molar refractivity (Wildman–Crippen MR) is 82.2 cm³/mol. The van der Waals surface area contributed by atoms with Crippen molar-refractivity contribution >= 4 is 39.7 Å². The van der Waals surface area contributed by atoms with Crippen molar-refractivity contribution in [3.8, 4) is 0 Å². The Labute approximate surface area is 125 Å². The van der Waals surface area contributed by atoms with Crippen LogP contribution < -0.4 is 5.73 Å². The molecule has 0 heterocycles. The topological polar surface area (TPSA) is 43.1 Å². The highest BCUT2D eigenvalue weighted by atomic mass is 35.5. The minimum atomic E-state index is -1.24. The van der Waals surface area contributed by atoms with E-state index in [2.05, 4.69) is 0 Å². The quantitative estimate of drug-likeness (QED) is 0.863. The first kappa shape index (κ1) is 14.4. The number of para-hydroxylation sites is 1. The molecule has 0 saturated carbocycles. The maximum atomic E-state index is 12.4. The molecule has 1 unspecified atom stereocenters. The Balaban J connectivity index is 2.31. The van der Waals surface area contributed by atoms with Crippen LogP contribution in [-0.4, -0.2) is 4.21 Å². The molecule has 0 aliphatic carbocycles. The fraction of sp³-hybridized carbons (Fsp3) is 0.143. The van der Waals surface area contributed by atoms with E-state index >= 15 is 0 Å². The highest BCUT2D eigenvalue weighted by molar-refractivity contribution is 7.84. The lowest BCUT2D eigenvalue weighted by Crippen LogP contribution is -2.02. The van der Waals surface area contributed by atoms with E-state index in [0.29, 0.717) is 26.4 Å². The summed E-state index contributed by atoms with van der Waals surface area (Å²) in [5.41, 5.74) is 8.20. The van der Waals surface area contributed by atoms with Gasteiger partial charge in [0.15, 0.2) is 0 Å². The monoisotopic (exact) mass is 313 g/mol. The zero-order valence-corrected chi connectivity index (χ0v) is 12.6. The van der Waals surface area contributed by atoms with Crippen molar-refractivity contribution in [3.05, 3.63) is 57.6 Å². The summed E-state index contributed by atoms with van der Waals surface area (Å²) < 4.78 is 12.4. The Hall–Kier alpha value is -1.03. The van der Waals surface area contributed by atoms with E-state index < -0.39 is 10.8 Å². The summed E-state index contributed by atoms with van der Waals surface area (Å²) in [6.07, 6.45) is 0. The molecule has 0 saturated heterocycles. The zero-order chi connectivity index (χ0) is 14.0. The molecule has 2 N–H and O–H groups in total. The molecule has 2 nitrogen and oxygen atoms in total. The maximum absolute atomic E-state index is 12.4. The molecule has 2 aromatic carbocycles. The fourth-order valence-corrected chi connectivity index (χ4v) is 3.50. The first-order valence-corrected chi connectivity index (χ1v) is 7.74. The van der Waals surface area contributed by atoms with Gasteiger partial charge in [-0.05, 0) is 42.3 Å². The third-order valence-electron chi connectivity index (χ3n) is 2.82. The Kier molecular flexibility index (Phi) is 4.50. The predicted octanol–water partition coefficient (Wildman–Crippen LogP) is 4.19. The van der Waals surface area contributed by atoms with Crippen LogP contribution in [0.5, 0.6) is 0 Å². The van der Waals surface area contributed by atoms with Crippen molar-refractivity contribution in [1.29, 1.82) is 0 Å². The van der Waals surface area contributed by atoms with Crippen LogP contribution in [0.1, 0.15) is 11.1 Å². The van der Waals surface area contributed by atoms with Gasteiger partial charge in [0.25, 0.3) is 0 Å². The molecule has 2 aromatic rings. The van der Waals surface area contributed by atoms with Gasteiger partial charge in [0.1, 0.15) is 0 Å². The van der Waals surface area contributed by atoms with E-state index in [1.165, 1.54) is 0 Å². The van der Waals surface area contributed by atoms with Crippen LogP contribution in [0.15, 0.2) is 41.3 Å². The number of aryl methyl sites for hydroxylation is 1. The molecule has 1 atom stereocenters. The SMILES string of the molecule is Cc1cccc(S(=O)Cc2cc(Cl)ccc2Cl)c1N. The number of hydrogen-bond acceptors (Lipinski definition) is 2. The average Bonchev–Trinajstić information content (AvgIpc) is 2.37. The van der Waals surface area contributed by atoms with Crippen LogP contribution >= 0.6 is 23.2 Å². The van der Waals surface area contributed by atoms with Gasteiger partial charge >= 0.3 is 0 Å². The van der Waals surface area contributed by atoms with Gasteiger partial charge in [-0.2, -0.15) is 0 Å². The highest BCUT2D eigenvalue weighted by Crippen LogP contribution is 2.26. The van der Waals surface area contributed by atoms with Crippen molar-refractivity contribution in [2.45, 2.75) is 17.6 Å². The van der Waals surface area contributed by atoms with Crippen LogP contribution in [0.4, 0.5) is 5.69 Å². The van der Waals surface area contributed by atoms with Gasteiger partial charge in [0, 0.05) is 10.0 Å². The molecule has 19 heavy (non-hydrogen) atoms. The van der Waals surface area contributed by atoms with Gasteiger partial charge in [-0.3, -0.25) is 4.21 Å². The second-order valence-corrected chi connectivity index (χ2v) is 6.48. The minimum Gasteiger partial charge on any atom is -0.398 e. The summed E-state index contributed by atoms with van der Waals surface area (Å²) in [5.74, 6) is 0.299. The number of rotatable bonds is 3. The van der Waals surface area contributed by atoms with Crippen LogP contribution in [-0.2, 0) is 16.6 Å². The molecule has 0 spiro atoms. The minimum absolute atomic E-state index is 0.299. The number of benzene rings is 2. The van der Waals surface area contributed by atoms with Crippen molar-refractivity contribution in [3.63, 3.8) is 0 Å². The Bertz CT molecular complexity index is 643. The molecule has 0 fully saturated rings. The standard InChI is InChI=1S/C14H13Cl2NOS/c1-9-3-2-4-13(14(9)17)19(18)8-10-7-11(15)5-6-12(10)16/h2-7H,8,17H2,1H3. The third-order valence-corrected chi connectivity index (χ3v) is 4.85. The highest BCUT2D eigenvalue weighted by Gasteiger charge is 2.12. The van der Waals surface area contributed by atoms with Crippen LogP contribution in [0.25, 0.3) is 0 Å². The summed E-state index contributed by atoms with van der Waals surface area (Å²) >= 11 is 12.0. The van der Waals surface area contributed by atoms with Gasteiger partial charge in [0.05, 0.1) is 27.1 Å². The summed E-state index contributed by atoms with van der Waals surface area (Å²) in [5, 5.41) is 1.14. The van der Waals surface area contributed by atoms with Crippen LogP contribution in [0.2, 0.25) is 10.0 Å². The molecule has 100 valence electrons. The lowest BCUT2D eigenvalue weighted by molar-refractivity contribution is 0.683. The lowest BCUT2D eigenvalue weighted by atomic mass is 10.2. The second-order valence-electron chi connectivity index (χ2n) is 4.21. The van der Waals surface area contributed by atoms with Crippen molar-refractivity contribution < 1.29 is 4.21 Å². The smallest absolute Gasteiger partial charge is 0.0623 e. The molecule has 0 aromatic heterocycles. The Morgan fingerprint density at radius 3 is 2.68 bits per heavy atom. The van der Waals surface area contributed by atoms with Crippen molar-refractivity contribution in [2.75, 3.05) is 5.73 Å². The van der Waals surface area contributed by atoms with Crippen LogP contribution in [0, 0.1) is 6.92 Å². The second kappa shape index (κ2) is 5.95. The molecular weight excluding hydrogens is 301 g/mol. The van der Waals surface area contributed by atoms with Gasteiger partial charge in [-0.15, -0.1) is 0 Å². The Morgan fingerprint density at radius 2 is 1.95 bits per heavy atom. The van der Waals surface area contributed by atoms with Gasteiger partial charge in [-0.1, -0.05) is 35.3 Å². The van der Waals surface area contributed by atoms with E-state index in [4.69, 9.17) is 28.9 Å². The maximum Gasteiger partial charge on any atom is 0.0623 e. The van der Waals surface area contributed by atoms with Crippen LogP contribution in [0.3, 0.4) is 0 Å². The first-order valence-electron chi connectivity index (χ1n) is 5.66. The molecule has 0 aliphatic heterocycles. The van der Waals surface area contributed by atoms with E-state index in [9.17, 15) is 4.21 Å². The molecule has 2 rings (SSSR count). The zero-order valence-electron chi connectivity index (χ0n) is 10.3. The number of anilines is 1. The van der Waals surface area contributed by atoms with Crippen molar-refractivity contribution in [2.24, 2.45) is 0 Å². The van der Waals surface area contributed by atoms with E-state index in [-0.39, 0.29) is 0 Å². The Morgan fingerprint density at radius 1 is 1.21 bits per heavy atom. The summed E-state index contributed by atoms with van der Waals surface area (Å²) in [4.78, 5) is 0.635. The third kappa shape index (κ3) is 3.30. The summed E-state index contributed by atoms with van der Waals surface area (Å²) in [6.45, 7) is 1.89. The van der Waals surface area contributed by atoms with Crippen molar-refractivity contribution in [1.82, 2.24) is 0 Å². The number of nitrogens with two attached hydrogens (primary N) is 1. The normalized spacial score (nSPS) is 12.4. The lowest BCUT2D eigenvalue weighted by Gasteiger charge is -2.09. The average molecular weight is 314 g/mol. The molecule has 0 radical (unpaired) electrons. The van der Waals surface area contributed by atoms with E-state index in [1.807, 2.05) is 19.1 Å². The number of hydrogen-bond donors (Lipinski definition) is 1. The van der Waals surface area contributed by atoms with E-state index in [0.717, 1.165) is 11.1 Å². The first-order chi connectivity index (χ1) is 8.99. The fourth-order valence-electron chi connectivity index (χ4n) is 1.73. The largest absolute Gasteiger partial charge is 0.398 e. The molecule has 5 heteroatoms. The van der Waals surface area contributed by atoms with E-state index in [1.54, 1.807) is 24.3 Å². The number of nitrogen functional groups attached to an aromatic ring is 1. The molecular formula is C14H13Cl2NOS. The van der Waals surface area contributed by atoms with Gasteiger partial charge in [0.2, 0.25) is 0 Å². The summed E-state index contributed by atoms with van der Waals surface area (Å²) in [7, 11) is -1.24. The molecule has 0 bridgehead atoms.